The minimum Gasteiger partial charge on any atom is -0.444 e. The molecule has 0 saturated heterocycles. The molecule has 22 heavy (non-hydrogen) atoms. The first-order valence-electron chi connectivity index (χ1n) is 7.74. The Morgan fingerprint density at radius 1 is 1.32 bits per heavy atom. The molecular formula is C16H24N2O3S. The van der Waals surface area contributed by atoms with Crippen LogP contribution in [0, 0.1) is 5.41 Å². The van der Waals surface area contributed by atoms with Crippen LogP contribution in [0.3, 0.4) is 0 Å². The number of alkyl carbamates (subject to hydrolysis) is 1. The van der Waals surface area contributed by atoms with Crippen molar-refractivity contribution >= 4 is 23.4 Å². The fraction of sp³-hybridized carbons (Fsp3) is 0.688. The Kier molecular flexibility index (Phi) is 5.21. The molecule has 1 aliphatic rings. The number of aromatic nitrogens is 1. The van der Waals surface area contributed by atoms with Gasteiger partial charge < -0.3 is 10.1 Å². The van der Waals surface area contributed by atoms with Gasteiger partial charge in [-0.1, -0.05) is 19.3 Å². The van der Waals surface area contributed by atoms with Crippen molar-refractivity contribution < 1.29 is 14.3 Å². The molecule has 0 atom stereocenters. The summed E-state index contributed by atoms with van der Waals surface area (Å²) in [7, 11) is 0. The lowest BCUT2D eigenvalue weighted by molar-refractivity contribution is 0.0470. The van der Waals surface area contributed by atoms with E-state index in [1.54, 1.807) is 6.07 Å². The Hall–Kier alpha value is -1.43. The lowest BCUT2D eigenvalue weighted by atomic mass is 9.70. The molecule has 122 valence electrons. The van der Waals surface area contributed by atoms with Gasteiger partial charge in [-0.15, -0.1) is 0 Å². The van der Waals surface area contributed by atoms with Gasteiger partial charge in [0.2, 0.25) is 0 Å². The fourth-order valence-corrected chi connectivity index (χ4v) is 3.38. The van der Waals surface area contributed by atoms with Crippen molar-refractivity contribution in [1.82, 2.24) is 9.69 Å². The summed E-state index contributed by atoms with van der Waals surface area (Å²) >= 11 is 1.28. The third kappa shape index (κ3) is 4.29. The molecule has 0 spiro atoms. The van der Waals surface area contributed by atoms with Gasteiger partial charge in [0.05, 0.1) is 5.41 Å². The summed E-state index contributed by atoms with van der Waals surface area (Å²) in [5.41, 5.74) is -0.565. The maximum Gasteiger partial charge on any atom is 0.407 e. The summed E-state index contributed by atoms with van der Waals surface area (Å²) < 4.78 is 9.44. The number of hydrogen-bond donors (Lipinski definition) is 1. The van der Waals surface area contributed by atoms with E-state index in [4.69, 9.17) is 4.74 Å². The van der Waals surface area contributed by atoms with Crippen molar-refractivity contribution in [2.24, 2.45) is 5.41 Å². The molecule has 1 N–H and O–H groups in total. The van der Waals surface area contributed by atoms with Crippen molar-refractivity contribution in [3.8, 4) is 0 Å². The first kappa shape index (κ1) is 16.9. The molecule has 1 aromatic rings. The predicted octanol–water partition coefficient (Wildman–Crippen LogP) is 3.80. The van der Waals surface area contributed by atoms with E-state index in [0.717, 1.165) is 32.1 Å². The molecule has 0 aliphatic heterocycles. The summed E-state index contributed by atoms with van der Waals surface area (Å²) in [5, 5.41) is 4.60. The van der Waals surface area contributed by atoms with Crippen molar-refractivity contribution in [2.75, 3.05) is 6.54 Å². The molecule has 0 radical (unpaired) electrons. The number of nitrogens with zero attached hydrogens (tertiary/aromatic N) is 1. The van der Waals surface area contributed by atoms with Crippen LogP contribution in [0.4, 0.5) is 4.79 Å². The van der Waals surface area contributed by atoms with Crippen LogP contribution < -0.4 is 5.32 Å². The smallest absolute Gasteiger partial charge is 0.407 e. The molecule has 1 fully saturated rings. The van der Waals surface area contributed by atoms with E-state index < -0.39 is 17.1 Å². The fourth-order valence-electron chi connectivity index (χ4n) is 2.87. The summed E-state index contributed by atoms with van der Waals surface area (Å²) in [4.78, 5) is 24.7. The highest BCUT2D eigenvalue weighted by Gasteiger charge is 2.41. The molecule has 5 nitrogen and oxygen atoms in total. The molecule has 1 aliphatic carbocycles. The van der Waals surface area contributed by atoms with E-state index in [9.17, 15) is 9.59 Å². The van der Waals surface area contributed by atoms with Crippen molar-refractivity contribution in [3.63, 3.8) is 0 Å². The molecule has 1 heterocycles. The van der Waals surface area contributed by atoms with Gasteiger partial charge in [0, 0.05) is 11.9 Å². The van der Waals surface area contributed by atoms with Gasteiger partial charge in [0.1, 0.15) is 11.3 Å². The normalized spacial score (nSPS) is 17.8. The van der Waals surface area contributed by atoms with E-state index in [-0.39, 0.29) is 5.78 Å². The Balaban J connectivity index is 2.06. The first-order valence-corrected chi connectivity index (χ1v) is 8.58. The number of carbonyl (C=O) groups excluding carboxylic acids is 2. The Morgan fingerprint density at radius 2 is 2.00 bits per heavy atom. The van der Waals surface area contributed by atoms with Crippen LogP contribution in [0.15, 0.2) is 11.4 Å². The zero-order valence-corrected chi connectivity index (χ0v) is 14.3. The third-order valence-electron chi connectivity index (χ3n) is 3.93. The Morgan fingerprint density at radius 3 is 2.55 bits per heavy atom. The molecule has 1 saturated carbocycles. The second-order valence-electron chi connectivity index (χ2n) is 6.91. The van der Waals surface area contributed by atoms with Crippen LogP contribution in [0.5, 0.6) is 0 Å². The van der Waals surface area contributed by atoms with Gasteiger partial charge in [-0.2, -0.15) is 4.37 Å². The van der Waals surface area contributed by atoms with Gasteiger partial charge >= 0.3 is 6.09 Å². The number of rotatable bonds is 4. The summed E-state index contributed by atoms with van der Waals surface area (Å²) in [5.74, 6) is 0.0458. The Bertz CT molecular complexity index is 514. The molecule has 1 aromatic heterocycles. The van der Waals surface area contributed by atoms with Crippen LogP contribution in [-0.4, -0.2) is 28.4 Å². The highest BCUT2D eigenvalue weighted by atomic mass is 32.1. The van der Waals surface area contributed by atoms with E-state index >= 15 is 0 Å². The third-order valence-corrected chi connectivity index (χ3v) is 4.49. The average molecular weight is 324 g/mol. The van der Waals surface area contributed by atoms with Crippen molar-refractivity contribution in [1.29, 1.82) is 0 Å². The highest BCUT2D eigenvalue weighted by Crippen LogP contribution is 2.38. The van der Waals surface area contributed by atoms with E-state index in [0.29, 0.717) is 12.2 Å². The monoisotopic (exact) mass is 324 g/mol. The van der Waals surface area contributed by atoms with Crippen molar-refractivity contribution in [2.45, 2.75) is 58.5 Å². The van der Waals surface area contributed by atoms with Crippen molar-refractivity contribution in [3.05, 3.63) is 17.1 Å². The molecule has 0 bridgehead atoms. The maximum atomic E-state index is 12.8. The average Bonchev–Trinajstić information content (AvgIpc) is 2.97. The number of amides is 1. The molecule has 2 rings (SSSR count). The minimum absolute atomic E-state index is 0.0458. The molecule has 0 unspecified atom stereocenters. The van der Waals surface area contributed by atoms with E-state index in [1.807, 2.05) is 26.2 Å². The predicted molar refractivity (Wildman–Crippen MR) is 86.2 cm³/mol. The lowest BCUT2D eigenvalue weighted by Crippen LogP contribution is -2.45. The topological polar surface area (TPSA) is 68.3 Å². The summed E-state index contributed by atoms with van der Waals surface area (Å²) in [6, 6.07) is 1.76. The van der Waals surface area contributed by atoms with Crippen LogP contribution in [0.1, 0.15) is 63.4 Å². The molecule has 0 aromatic carbocycles. The zero-order chi connectivity index (χ0) is 16.2. The molecular weight excluding hydrogens is 300 g/mol. The van der Waals surface area contributed by atoms with Gasteiger partial charge in [-0.3, -0.25) is 4.79 Å². The summed E-state index contributed by atoms with van der Waals surface area (Å²) in [6.45, 7) is 5.79. The number of ether oxygens (including phenoxy) is 1. The standard InChI is InChI=1S/C16H24N2O3S/c1-15(2,3)21-14(20)17-11-16(8-5-4-6-9-16)13(19)12-7-10-22-18-12/h7,10H,4-6,8-9,11H2,1-3H3,(H,17,20). The number of nitrogens with one attached hydrogen (secondary N) is 1. The van der Waals surface area contributed by atoms with Crippen LogP contribution in [0.25, 0.3) is 0 Å². The Labute approximate surface area is 135 Å². The number of Topliss-reactive ketones (excluding diaryl/α,β-unsaturated/α-hetero) is 1. The van der Waals surface area contributed by atoms with Gasteiger partial charge in [-0.25, -0.2) is 4.79 Å². The van der Waals surface area contributed by atoms with E-state index in [2.05, 4.69) is 9.69 Å². The van der Waals surface area contributed by atoms with Crippen LogP contribution >= 0.6 is 11.5 Å². The largest absolute Gasteiger partial charge is 0.444 e. The molecule has 1 amide bonds. The minimum atomic E-state index is -0.539. The maximum absolute atomic E-state index is 12.8. The number of hydrogen-bond acceptors (Lipinski definition) is 5. The summed E-state index contributed by atoms with van der Waals surface area (Å²) in [6.07, 6.45) is 4.26. The van der Waals surface area contributed by atoms with Crippen LogP contribution in [-0.2, 0) is 4.74 Å². The second-order valence-corrected chi connectivity index (χ2v) is 7.58. The number of carbonyl (C=O) groups is 2. The van der Waals surface area contributed by atoms with Gasteiger partial charge in [0.15, 0.2) is 5.78 Å². The van der Waals surface area contributed by atoms with Gasteiger partial charge in [0.25, 0.3) is 0 Å². The molecule has 6 heteroatoms. The zero-order valence-electron chi connectivity index (χ0n) is 13.5. The van der Waals surface area contributed by atoms with Gasteiger partial charge in [-0.05, 0) is 51.2 Å². The lowest BCUT2D eigenvalue weighted by Gasteiger charge is -2.35. The first-order chi connectivity index (χ1) is 10.3. The quantitative estimate of drug-likeness (QED) is 0.855. The second kappa shape index (κ2) is 6.77. The number of ketones is 1. The highest BCUT2D eigenvalue weighted by molar-refractivity contribution is 7.03. The van der Waals surface area contributed by atoms with Crippen LogP contribution in [0.2, 0.25) is 0 Å². The van der Waals surface area contributed by atoms with E-state index in [1.165, 1.54) is 11.5 Å². The SMILES string of the molecule is CC(C)(C)OC(=O)NCC1(C(=O)c2ccsn2)CCCCC1.